The van der Waals surface area contributed by atoms with Crippen molar-refractivity contribution in [1.82, 2.24) is 4.90 Å². The van der Waals surface area contributed by atoms with Gasteiger partial charge in [-0.05, 0) is 49.8 Å². The van der Waals surface area contributed by atoms with Crippen molar-refractivity contribution in [1.29, 1.82) is 0 Å². The zero-order chi connectivity index (χ0) is 16.4. The highest BCUT2D eigenvalue weighted by Gasteiger charge is 2.37. The summed E-state index contributed by atoms with van der Waals surface area (Å²) in [7, 11) is 0. The van der Waals surface area contributed by atoms with Gasteiger partial charge in [-0.3, -0.25) is 9.59 Å². The number of hydrogen-bond acceptors (Lipinski definition) is 2. The largest absolute Gasteiger partial charge is 0.481 e. The van der Waals surface area contributed by atoms with Crippen molar-refractivity contribution in [2.24, 2.45) is 11.8 Å². The van der Waals surface area contributed by atoms with Gasteiger partial charge in [-0.2, -0.15) is 0 Å². The highest BCUT2D eigenvalue weighted by atomic mass is 35.5. The van der Waals surface area contributed by atoms with E-state index in [4.69, 9.17) is 11.6 Å². The number of carbonyl (C=O) groups is 2. The number of nitrogens with zero attached hydrogens (tertiary/aromatic N) is 1. The van der Waals surface area contributed by atoms with Gasteiger partial charge < -0.3 is 10.0 Å². The Kier molecular flexibility index (Phi) is 4.90. The summed E-state index contributed by atoms with van der Waals surface area (Å²) in [6.07, 6.45) is 4.77. The van der Waals surface area contributed by atoms with Gasteiger partial charge in [-0.15, -0.1) is 0 Å². The average Bonchev–Trinajstić information content (AvgIpc) is 3.04. The zero-order valence-electron chi connectivity index (χ0n) is 13.1. The molecule has 1 heterocycles. The SMILES string of the molecule is O=C(O)C1CCCC(C(=O)N2CCCC2c2ccc(Cl)cc2)C1. The van der Waals surface area contributed by atoms with Crippen molar-refractivity contribution >= 4 is 23.5 Å². The predicted octanol–water partition coefficient (Wildman–Crippen LogP) is 3.89. The van der Waals surface area contributed by atoms with E-state index in [1.165, 1.54) is 0 Å². The summed E-state index contributed by atoms with van der Waals surface area (Å²) >= 11 is 5.95. The normalized spacial score (nSPS) is 27.9. The van der Waals surface area contributed by atoms with E-state index in [1.54, 1.807) is 0 Å². The summed E-state index contributed by atoms with van der Waals surface area (Å²) in [5.41, 5.74) is 1.12. The Hall–Kier alpha value is -1.55. The Balaban J connectivity index is 1.73. The Labute approximate surface area is 141 Å². The van der Waals surface area contributed by atoms with Crippen LogP contribution >= 0.6 is 11.6 Å². The van der Waals surface area contributed by atoms with Crippen LogP contribution in [0.5, 0.6) is 0 Å². The van der Waals surface area contributed by atoms with Crippen LogP contribution < -0.4 is 0 Å². The highest BCUT2D eigenvalue weighted by Crippen LogP contribution is 2.37. The molecule has 0 spiro atoms. The Morgan fingerprint density at radius 1 is 1.04 bits per heavy atom. The molecule has 23 heavy (non-hydrogen) atoms. The molecule has 0 aromatic heterocycles. The number of rotatable bonds is 3. The minimum absolute atomic E-state index is 0.102. The maximum absolute atomic E-state index is 12.9. The van der Waals surface area contributed by atoms with E-state index in [0.717, 1.165) is 37.8 Å². The molecule has 5 heteroatoms. The lowest BCUT2D eigenvalue weighted by atomic mass is 9.80. The third kappa shape index (κ3) is 3.52. The van der Waals surface area contributed by atoms with E-state index in [0.29, 0.717) is 17.9 Å². The van der Waals surface area contributed by atoms with Crippen molar-refractivity contribution < 1.29 is 14.7 Å². The Morgan fingerprint density at radius 2 is 1.74 bits per heavy atom. The lowest BCUT2D eigenvalue weighted by molar-refractivity contribution is -0.145. The van der Waals surface area contributed by atoms with Crippen LogP contribution in [0.15, 0.2) is 24.3 Å². The molecule has 1 N–H and O–H groups in total. The number of hydrogen-bond donors (Lipinski definition) is 1. The van der Waals surface area contributed by atoms with E-state index >= 15 is 0 Å². The summed E-state index contributed by atoms with van der Waals surface area (Å²) in [4.78, 5) is 26.1. The molecule has 0 radical (unpaired) electrons. The second-order valence-corrected chi connectivity index (χ2v) is 7.08. The molecular formula is C18H22ClNO3. The number of halogens is 1. The molecule has 1 aliphatic heterocycles. The number of likely N-dealkylation sites (tertiary alicyclic amines) is 1. The third-order valence-corrected chi connectivity index (χ3v) is 5.42. The summed E-state index contributed by atoms with van der Waals surface area (Å²) in [5.74, 6) is -1.14. The van der Waals surface area contributed by atoms with E-state index in [-0.39, 0.29) is 23.8 Å². The van der Waals surface area contributed by atoms with Crippen molar-refractivity contribution in [3.63, 3.8) is 0 Å². The molecule has 0 bridgehead atoms. The minimum atomic E-state index is -0.766. The van der Waals surface area contributed by atoms with E-state index in [1.807, 2.05) is 29.2 Å². The Morgan fingerprint density at radius 3 is 2.43 bits per heavy atom. The van der Waals surface area contributed by atoms with Gasteiger partial charge >= 0.3 is 5.97 Å². The molecule has 1 saturated heterocycles. The van der Waals surface area contributed by atoms with Gasteiger partial charge in [-0.25, -0.2) is 0 Å². The highest BCUT2D eigenvalue weighted by molar-refractivity contribution is 6.30. The van der Waals surface area contributed by atoms with Crippen molar-refractivity contribution in [3.8, 4) is 0 Å². The first-order valence-electron chi connectivity index (χ1n) is 8.35. The number of carboxylic acids is 1. The molecule has 1 aromatic carbocycles. The number of aliphatic carboxylic acids is 1. The van der Waals surface area contributed by atoms with Crippen LogP contribution in [-0.4, -0.2) is 28.4 Å². The zero-order valence-corrected chi connectivity index (χ0v) is 13.8. The molecular weight excluding hydrogens is 314 g/mol. The molecule has 3 atom stereocenters. The molecule has 1 amide bonds. The first-order valence-corrected chi connectivity index (χ1v) is 8.73. The maximum atomic E-state index is 12.9. The molecule has 2 aliphatic rings. The van der Waals surface area contributed by atoms with Gasteiger partial charge in [0.15, 0.2) is 0 Å². The second-order valence-electron chi connectivity index (χ2n) is 6.64. The van der Waals surface area contributed by atoms with Crippen molar-refractivity contribution in [3.05, 3.63) is 34.9 Å². The molecule has 4 nitrogen and oxygen atoms in total. The van der Waals surface area contributed by atoms with Gasteiger partial charge in [0.1, 0.15) is 0 Å². The smallest absolute Gasteiger partial charge is 0.306 e. The van der Waals surface area contributed by atoms with Crippen LogP contribution in [0.25, 0.3) is 0 Å². The van der Waals surface area contributed by atoms with Crippen LogP contribution in [0.2, 0.25) is 5.02 Å². The number of carboxylic acid groups (broad SMARTS) is 1. The quantitative estimate of drug-likeness (QED) is 0.911. The summed E-state index contributed by atoms with van der Waals surface area (Å²) < 4.78 is 0. The van der Waals surface area contributed by atoms with Crippen LogP contribution in [-0.2, 0) is 9.59 Å². The van der Waals surface area contributed by atoms with Gasteiger partial charge in [0, 0.05) is 17.5 Å². The second kappa shape index (κ2) is 6.91. The lowest BCUT2D eigenvalue weighted by Crippen LogP contribution is -2.38. The first kappa shape index (κ1) is 16.3. The number of carbonyl (C=O) groups excluding carboxylic acids is 1. The Bertz CT molecular complexity index is 586. The van der Waals surface area contributed by atoms with Gasteiger partial charge in [0.25, 0.3) is 0 Å². The summed E-state index contributed by atoms with van der Waals surface area (Å²) in [5, 5.41) is 9.92. The van der Waals surface area contributed by atoms with Crippen LogP contribution in [0, 0.1) is 11.8 Å². The van der Waals surface area contributed by atoms with E-state index in [9.17, 15) is 14.7 Å². The van der Waals surface area contributed by atoms with Crippen LogP contribution in [0.3, 0.4) is 0 Å². The predicted molar refractivity (Wildman–Crippen MR) is 88.2 cm³/mol. The standard InChI is InChI=1S/C18H22ClNO3/c19-15-8-6-12(7-9-15)16-5-2-10-20(16)17(21)13-3-1-4-14(11-13)18(22)23/h6-9,13-14,16H,1-5,10-11H2,(H,22,23). The fraction of sp³-hybridized carbons (Fsp3) is 0.556. The molecule has 1 aromatic rings. The van der Waals surface area contributed by atoms with Crippen molar-refractivity contribution in [2.75, 3.05) is 6.54 Å². The maximum Gasteiger partial charge on any atom is 0.306 e. The fourth-order valence-electron chi connectivity index (χ4n) is 3.93. The van der Waals surface area contributed by atoms with Gasteiger partial charge in [0.05, 0.1) is 12.0 Å². The average molecular weight is 336 g/mol. The van der Waals surface area contributed by atoms with E-state index < -0.39 is 5.97 Å². The minimum Gasteiger partial charge on any atom is -0.481 e. The summed E-state index contributed by atoms with van der Waals surface area (Å²) in [6, 6.07) is 7.79. The number of amides is 1. The molecule has 1 aliphatic carbocycles. The van der Waals surface area contributed by atoms with Crippen LogP contribution in [0.4, 0.5) is 0 Å². The van der Waals surface area contributed by atoms with Crippen LogP contribution in [0.1, 0.15) is 50.1 Å². The first-order chi connectivity index (χ1) is 11.1. The molecule has 3 rings (SSSR count). The van der Waals surface area contributed by atoms with Gasteiger partial charge in [-0.1, -0.05) is 30.2 Å². The lowest BCUT2D eigenvalue weighted by Gasteiger charge is -2.32. The molecule has 124 valence electrons. The third-order valence-electron chi connectivity index (χ3n) is 5.16. The molecule has 1 saturated carbocycles. The monoisotopic (exact) mass is 335 g/mol. The molecule has 2 fully saturated rings. The van der Waals surface area contributed by atoms with Crippen molar-refractivity contribution in [2.45, 2.75) is 44.6 Å². The topological polar surface area (TPSA) is 57.6 Å². The molecule has 3 unspecified atom stereocenters. The van der Waals surface area contributed by atoms with E-state index in [2.05, 4.69) is 0 Å². The number of benzene rings is 1. The fourth-order valence-corrected chi connectivity index (χ4v) is 4.06. The van der Waals surface area contributed by atoms with Gasteiger partial charge in [0.2, 0.25) is 5.91 Å². The summed E-state index contributed by atoms with van der Waals surface area (Å²) in [6.45, 7) is 0.764.